The highest BCUT2D eigenvalue weighted by Gasteiger charge is 2.33. The van der Waals surface area contributed by atoms with E-state index >= 15 is 0 Å². The quantitative estimate of drug-likeness (QED) is 0.183. The van der Waals surface area contributed by atoms with Crippen LogP contribution in [-0.4, -0.2) is 31.9 Å². The topological polar surface area (TPSA) is 49.7 Å². The SMILES string of the molecule is BrB(Br)Br.C.C.C.C.C.C.CC1CCC(C2CCC(Br)CC2)CC1.Cc1cc(C2CCC(C3CCC(C)CC3)CC2)cc(C)c1C.Cc1cc(C2CCC(C3CCC(O)CC3)CC2)cc(C)c1C.Cc1cc(O[B]O)cc(C)c1C. The van der Waals surface area contributed by atoms with Gasteiger partial charge in [-0.1, -0.05) is 124 Å². The molecule has 0 aromatic heterocycles. The van der Waals surface area contributed by atoms with Gasteiger partial charge in [-0.25, -0.2) is 0 Å². The van der Waals surface area contributed by atoms with Gasteiger partial charge in [-0.05, 0) is 323 Å². The van der Waals surface area contributed by atoms with Crippen molar-refractivity contribution in [2.45, 2.75) is 298 Å². The summed E-state index contributed by atoms with van der Waals surface area (Å²) in [5.74, 6) is 10.4. The lowest BCUT2D eigenvalue weighted by Gasteiger charge is -2.37. The number of benzene rings is 3. The molecule has 9 heteroatoms. The van der Waals surface area contributed by atoms with Crippen molar-refractivity contribution in [3.8, 4) is 5.75 Å². The lowest BCUT2D eigenvalue weighted by atomic mass is 9.68. The minimum absolute atomic E-state index is 0. The second-order valence-corrected chi connectivity index (χ2v) is 32.8. The molecule has 6 fully saturated rings. The summed E-state index contributed by atoms with van der Waals surface area (Å²) < 4.78 is 5.12. The molecule has 3 aromatic rings. The first-order valence-corrected chi connectivity index (χ1v) is 33.5. The van der Waals surface area contributed by atoms with E-state index in [2.05, 4.69) is 150 Å². The number of aliphatic hydroxyl groups excluding tert-OH is 1. The van der Waals surface area contributed by atoms with Gasteiger partial charge < -0.3 is 14.8 Å². The van der Waals surface area contributed by atoms with Crippen LogP contribution >= 0.6 is 63.2 Å². The van der Waals surface area contributed by atoms with Crippen LogP contribution in [0.25, 0.3) is 0 Å². The lowest BCUT2D eigenvalue weighted by molar-refractivity contribution is 0.0805. The fraction of sp³-hybridized carbons (Fsp3) is 0.746. The third-order valence-corrected chi connectivity index (χ3v) is 21.0. The van der Waals surface area contributed by atoms with Crippen molar-refractivity contribution >= 4 is 74.1 Å². The van der Waals surface area contributed by atoms with E-state index in [1.165, 1.54) is 191 Å². The van der Waals surface area contributed by atoms with E-state index in [0.717, 1.165) is 76.8 Å². The van der Waals surface area contributed by atoms with Gasteiger partial charge in [0.25, 0.3) is 0 Å². The zero-order valence-electron chi connectivity index (χ0n) is 48.3. The maximum absolute atomic E-state index is 9.69. The molecule has 0 heterocycles. The van der Waals surface area contributed by atoms with E-state index in [9.17, 15) is 5.11 Å². The molecule has 0 atom stereocenters. The van der Waals surface area contributed by atoms with Crippen LogP contribution in [0.15, 0.2) is 36.4 Å². The number of halogens is 4. The van der Waals surface area contributed by atoms with Crippen molar-refractivity contribution in [2.24, 2.45) is 47.3 Å². The first kappa shape index (κ1) is 81.5. The molecule has 6 aliphatic carbocycles. The Kier molecular flexibility index (Phi) is 42.3. The summed E-state index contributed by atoms with van der Waals surface area (Å²) in [5, 5.41) is 18.1. The summed E-state index contributed by atoms with van der Waals surface area (Å²) in [6, 6.07) is 13.6. The molecule has 6 aliphatic rings. The van der Waals surface area contributed by atoms with Crippen molar-refractivity contribution in [3.05, 3.63) is 97.6 Å². The minimum Gasteiger partial charge on any atom is -0.537 e. The van der Waals surface area contributed by atoms with Crippen molar-refractivity contribution in [2.75, 3.05) is 0 Å². The van der Waals surface area contributed by atoms with Gasteiger partial charge in [0.15, 0.2) is 0 Å². The monoisotopic (exact) mass is 1360 g/mol. The number of rotatable bonds is 7. The smallest absolute Gasteiger partial charge is 0.537 e. The zero-order chi connectivity index (χ0) is 54.1. The molecule has 0 spiro atoms. The highest BCUT2D eigenvalue weighted by atomic mass is 79.9. The zero-order valence-corrected chi connectivity index (χ0v) is 54.7. The molecule has 3 nitrogen and oxygen atoms in total. The molecule has 461 valence electrons. The summed E-state index contributed by atoms with van der Waals surface area (Å²) in [7, 11) is 0.698. The molecular weight excluding hydrogens is 1240 g/mol. The van der Waals surface area contributed by atoms with Crippen LogP contribution in [0.1, 0.15) is 286 Å². The van der Waals surface area contributed by atoms with E-state index in [1.54, 1.807) is 11.1 Å². The molecule has 0 unspecified atom stereocenters. The summed E-state index contributed by atoms with van der Waals surface area (Å²) in [6.45, 7) is 24.5. The van der Waals surface area contributed by atoms with Crippen molar-refractivity contribution in [3.63, 3.8) is 0 Å². The average Bonchev–Trinajstić information content (AvgIpc) is 3.38. The number of hydrogen-bond acceptors (Lipinski definition) is 3. The molecule has 0 bridgehead atoms. The highest BCUT2D eigenvalue weighted by molar-refractivity contribution is 9.69. The van der Waals surface area contributed by atoms with E-state index in [4.69, 9.17) is 9.68 Å². The van der Waals surface area contributed by atoms with E-state index in [0.29, 0.717) is 13.4 Å². The Bertz CT molecular complexity index is 1900. The number of aliphatic hydroxyl groups is 1. The molecule has 2 N–H and O–H groups in total. The van der Waals surface area contributed by atoms with Crippen LogP contribution in [0.5, 0.6) is 5.75 Å². The van der Waals surface area contributed by atoms with Crippen LogP contribution in [-0.2, 0) is 0 Å². The first-order chi connectivity index (χ1) is 35.2. The molecule has 6 saturated carbocycles. The highest BCUT2D eigenvalue weighted by Crippen LogP contribution is 2.46. The Hall–Kier alpha value is -0.570. The standard InChI is InChI=1S/C22H34.C21H32O.C13H23Br.C9H12BO2.6CH4.BBr3/c1-15-5-7-19(8-6-15)20-9-11-21(12-10-20)22-13-16(2)18(4)17(3)14-22;1-14-12-20(13-15(2)16(14)3)19-6-4-17(5-7-19)18-8-10-21(22)11-9-18;1-10-2-4-11(5-3-10)12-6-8-13(14)9-7-12;1-6-4-9(12-10-11)5-7(2)8(6)3;;;;;;;2-1(3)4/h13-15,19-21H,5-12H2,1-4H3;12-13,17-19,21-22H,4-11H2,1-3H3;10-13H,2-9H2,1H3;4-5,11H,1-3H3;6*1H4;. The van der Waals surface area contributed by atoms with Crippen LogP contribution < -0.4 is 4.65 Å². The Morgan fingerprint density at radius 1 is 0.388 bits per heavy atom. The van der Waals surface area contributed by atoms with Gasteiger partial charge in [0.05, 0.1) is 6.10 Å². The summed E-state index contributed by atoms with van der Waals surface area (Å²) in [4.78, 5) is 0.835. The Morgan fingerprint density at radius 2 is 0.613 bits per heavy atom. The van der Waals surface area contributed by atoms with E-state index < -0.39 is 0 Å². The Morgan fingerprint density at radius 3 is 0.875 bits per heavy atom. The summed E-state index contributed by atoms with van der Waals surface area (Å²) in [5.41, 5.74) is 15.6. The second-order valence-electron chi connectivity index (χ2n) is 25.1. The number of alkyl halides is 1. The summed E-state index contributed by atoms with van der Waals surface area (Å²) in [6.07, 6.45) is 33.9. The van der Waals surface area contributed by atoms with E-state index in [-0.39, 0.29) is 53.8 Å². The maximum Gasteiger partial charge on any atom is 0.569 e. The van der Waals surface area contributed by atoms with Gasteiger partial charge in [0.1, 0.15) is 5.75 Å². The van der Waals surface area contributed by atoms with Crippen LogP contribution in [0, 0.1) is 110 Å². The number of aryl methyl sites for hydroxylation is 6. The van der Waals surface area contributed by atoms with Gasteiger partial charge in [0, 0.05) is 4.83 Å². The fourth-order valence-electron chi connectivity index (χ4n) is 14.2. The molecule has 0 saturated heterocycles. The summed E-state index contributed by atoms with van der Waals surface area (Å²) >= 11 is 13.1. The second kappa shape index (κ2) is 41.5. The Labute approximate surface area is 532 Å². The van der Waals surface area contributed by atoms with Gasteiger partial charge in [-0.15, -0.1) is 47.3 Å². The van der Waals surface area contributed by atoms with Gasteiger partial charge in [-0.2, -0.15) is 0 Å². The Balaban J connectivity index is 0. The lowest BCUT2D eigenvalue weighted by Crippen LogP contribution is -2.27. The fourth-order valence-corrected chi connectivity index (χ4v) is 14.7. The molecule has 0 amide bonds. The first-order valence-electron chi connectivity index (χ1n) is 29.8. The molecule has 80 heavy (non-hydrogen) atoms. The minimum atomic E-state index is -0.00824. The van der Waals surface area contributed by atoms with Crippen LogP contribution in [0.3, 0.4) is 0 Å². The maximum atomic E-state index is 9.69. The van der Waals surface area contributed by atoms with Gasteiger partial charge >= 0.3 is 10.9 Å². The predicted molar refractivity (Wildman–Crippen MR) is 378 cm³/mol. The average molecular weight is 1370 g/mol. The van der Waals surface area contributed by atoms with Crippen molar-refractivity contribution in [1.29, 1.82) is 0 Å². The molecule has 1 radical (unpaired) electrons. The van der Waals surface area contributed by atoms with Gasteiger partial charge in [-0.3, -0.25) is 0 Å². The third kappa shape index (κ3) is 26.6. The largest absolute Gasteiger partial charge is 0.569 e. The molecule has 0 aliphatic heterocycles. The van der Waals surface area contributed by atoms with E-state index in [1.807, 2.05) is 26.0 Å². The third-order valence-electron chi connectivity index (χ3n) is 20.0. The molecular formula is C71H125B2Br4O3. The number of hydrogen-bond donors (Lipinski definition) is 2. The van der Waals surface area contributed by atoms with Gasteiger partial charge in [0.2, 0.25) is 0 Å². The predicted octanol–water partition coefficient (Wildman–Crippen LogP) is 24.4. The van der Waals surface area contributed by atoms with Crippen molar-refractivity contribution in [1.82, 2.24) is 0 Å². The molecule has 9 rings (SSSR count). The van der Waals surface area contributed by atoms with Crippen LogP contribution in [0.4, 0.5) is 0 Å². The molecule has 3 aromatic carbocycles. The normalized spacial score (nSPS) is 27.8. The van der Waals surface area contributed by atoms with Crippen molar-refractivity contribution < 1.29 is 14.8 Å². The van der Waals surface area contributed by atoms with Crippen LogP contribution in [0.2, 0.25) is 0 Å².